The third kappa shape index (κ3) is 4.78. The Kier molecular flexibility index (Phi) is 7.19. The molecule has 132 valence electrons. The number of furan rings is 1. The minimum absolute atomic E-state index is 0. The molecule has 1 atom stereocenters. The summed E-state index contributed by atoms with van der Waals surface area (Å²) >= 11 is 0. The van der Waals surface area contributed by atoms with Gasteiger partial charge >= 0.3 is 0 Å². The summed E-state index contributed by atoms with van der Waals surface area (Å²) in [5.74, 6) is 2.48. The van der Waals surface area contributed by atoms with Crippen molar-refractivity contribution in [3.63, 3.8) is 0 Å². The van der Waals surface area contributed by atoms with Crippen molar-refractivity contribution >= 4 is 12.4 Å². The Hall–Kier alpha value is -1.45. The molecular formula is C20H28ClNO2. The van der Waals surface area contributed by atoms with Gasteiger partial charge in [-0.25, -0.2) is 0 Å². The number of hydrogen-bond acceptors (Lipinski definition) is 3. The van der Waals surface area contributed by atoms with Crippen LogP contribution in [0, 0.1) is 12.8 Å². The van der Waals surface area contributed by atoms with Gasteiger partial charge in [-0.2, -0.15) is 0 Å². The largest absolute Gasteiger partial charge is 0.493 e. The predicted octanol–water partition coefficient (Wildman–Crippen LogP) is 4.35. The van der Waals surface area contributed by atoms with Crippen LogP contribution in [0.5, 0.6) is 5.75 Å². The minimum atomic E-state index is 0. The van der Waals surface area contributed by atoms with Crippen molar-refractivity contribution in [2.75, 3.05) is 20.2 Å². The van der Waals surface area contributed by atoms with Crippen LogP contribution in [0.1, 0.15) is 35.3 Å². The van der Waals surface area contributed by atoms with Crippen LogP contribution in [0.25, 0.3) is 0 Å². The van der Waals surface area contributed by atoms with Gasteiger partial charge in [0.2, 0.25) is 0 Å². The first kappa shape index (κ1) is 18.9. The predicted molar refractivity (Wildman–Crippen MR) is 100 cm³/mol. The molecule has 0 saturated heterocycles. The molecule has 0 radical (unpaired) electrons. The second-order valence-corrected chi connectivity index (χ2v) is 6.61. The van der Waals surface area contributed by atoms with Crippen LogP contribution in [0.15, 0.2) is 34.9 Å². The van der Waals surface area contributed by atoms with E-state index in [0.29, 0.717) is 12.5 Å². The second kappa shape index (κ2) is 9.14. The number of ether oxygens (including phenoxy) is 1. The monoisotopic (exact) mass is 349 g/mol. The molecule has 3 nitrogen and oxygen atoms in total. The van der Waals surface area contributed by atoms with Crippen molar-refractivity contribution in [2.24, 2.45) is 5.92 Å². The molecule has 1 unspecified atom stereocenters. The average molecular weight is 350 g/mol. The summed E-state index contributed by atoms with van der Waals surface area (Å²) in [5, 5.41) is 3.26. The van der Waals surface area contributed by atoms with E-state index in [9.17, 15) is 0 Å². The molecule has 0 amide bonds. The Balaban J connectivity index is 0.00000208. The van der Waals surface area contributed by atoms with Gasteiger partial charge in [-0.05, 0) is 74.5 Å². The smallest absolute Gasteiger partial charge is 0.122 e. The number of hydrogen-bond donors (Lipinski definition) is 1. The van der Waals surface area contributed by atoms with E-state index < -0.39 is 0 Å². The third-order valence-electron chi connectivity index (χ3n) is 4.68. The molecule has 0 aliphatic heterocycles. The zero-order chi connectivity index (χ0) is 16.1. The van der Waals surface area contributed by atoms with Crippen molar-refractivity contribution in [2.45, 2.75) is 39.0 Å². The van der Waals surface area contributed by atoms with E-state index in [0.717, 1.165) is 24.5 Å². The number of nitrogens with one attached hydrogen (secondary N) is 1. The zero-order valence-corrected chi connectivity index (χ0v) is 15.5. The fourth-order valence-corrected chi connectivity index (χ4v) is 3.44. The Morgan fingerprint density at radius 1 is 1.21 bits per heavy atom. The lowest BCUT2D eigenvalue weighted by molar-refractivity contribution is 0.237. The molecule has 4 heteroatoms. The van der Waals surface area contributed by atoms with Crippen LogP contribution >= 0.6 is 12.4 Å². The first-order valence-electron chi connectivity index (χ1n) is 8.68. The van der Waals surface area contributed by atoms with Crippen molar-refractivity contribution < 1.29 is 9.15 Å². The molecule has 1 N–H and O–H groups in total. The average Bonchev–Trinajstić information content (AvgIpc) is 3.06. The molecule has 1 heterocycles. The van der Waals surface area contributed by atoms with Gasteiger partial charge in [0.1, 0.15) is 11.5 Å². The summed E-state index contributed by atoms with van der Waals surface area (Å²) in [5.41, 5.74) is 4.25. The first-order valence-corrected chi connectivity index (χ1v) is 8.68. The third-order valence-corrected chi connectivity index (χ3v) is 4.68. The van der Waals surface area contributed by atoms with Crippen LogP contribution in [0.2, 0.25) is 0 Å². The molecule has 0 fully saturated rings. The van der Waals surface area contributed by atoms with E-state index in [1.54, 1.807) is 6.26 Å². The minimum Gasteiger partial charge on any atom is -0.493 e. The molecule has 1 aromatic carbocycles. The highest BCUT2D eigenvalue weighted by atomic mass is 35.5. The van der Waals surface area contributed by atoms with Gasteiger partial charge in [0.15, 0.2) is 0 Å². The normalized spacial score (nSPS) is 14.6. The maximum Gasteiger partial charge on any atom is 0.122 e. The fourth-order valence-electron chi connectivity index (χ4n) is 3.44. The Morgan fingerprint density at radius 2 is 1.96 bits per heavy atom. The van der Waals surface area contributed by atoms with Crippen molar-refractivity contribution in [1.82, 2.24) is 5.32 Å². The summed E-state index contributed by atoms with van der Waals surface area (Å²) in [6.45, 7) is 3.79. The van der Waals surface area contributed by atoms with Crippen LogP contribution in [0.3, 0.4) is 0 Å². The van der Waals surface area contributed by atoms with E-state index in [-0.39, 0.29) is 12.4 Å². The van der Waals surface area contributed by atoms with Crippen molar-refractivity contribution in [1.29, 1.82) is 0 Å². The van der Waals surface area contributed by atoms with Gasteiger partial charge in [0.05, 0.1) is 12.9 Å². The molecular weight excluding hydrogens is 322 g/mol. The molecule has 1 aliphatic carbocycles. The van der Waals surface area contributed by atoms with Gasteiger partial charge < -0.3 is 14.5 Å². The summed E-state index contributed by atoms with van der Waals surface area (Å²) in [6.07, 6.45) is 7.67. The van der Waals surface area contributed by atoms with E-state index in [2.05, 4.69) is 24.4 Å². The Labute approximate surface area is 151 Å². The molecule has 1 aromatic heterocycles. The van der Waals surface area contributed by atoms with Crippen LogP contribution in [-0.2, 0) is 19.3 Å². The Morgan fingerprint density at radius 3 is 2.62 bits per heavy atom. The van der Waals surface area contributed by atoms with E-state index >= 15 is 0 Å². The van der Waals surface area contributed by atoms with Gasteiger partial charge in [0, 0.05) is 18.9 Å². The maximum atomic E-state index is 6.18. The zero-order valence-electron chi connectivity index (χ0n) is 14.6. The fraction of sp³-hybridized carbons (Fsp3) is 0.500. The van der Waals surface area contributed by atoms with Gasteiger partial charge in [0.25, 0.3) is 0 Å². The highest BCUT2D eigenvalue weighted by Gasteiger charge is 2.15. The number of halogens is 1. The van der Waals surface area contributed by atoms with Gasteiger partial charge in [-0.1, -0.05) is 6.07 Å². The second-order valence-electron chi connectivity index (χ2n) is 6.61. The standard InChI is InChI=1S/C20H27NO2.ClH/c1-15-10-17-6-3-4-7-18(17)12-20(15)23-14-16(13-21-2)11-19-8-5-9-22-19;/h5,8-10,12,16,21H,3-4,6-7,11,13-14H2,1-2H3;1H. The lowest BCUT2D eigenvalue weighted by Gasteiger charge is -2.21. The first-order chi connectivity index (χ1) is 11.3. The highest BCUT2D eigenvalue weighted by Crippen LogP contribution is 2.29. The molecule has 0 spiro atoms. The van der Waals surface area contributed by atoms with Gasteiger partial charge in [-0.3, -0.25) is 0 Å². The number of fused-ring (bicyclic) bond motifs is 1. The molecule has 0 saturated carbocycles. The van der Waals surface area contributed by atoms with Crippen LogP contribution < -0.4 is 10.1 Å². The van der Waals surface area contributed by atoms with Crippen LogP contribution in [-0.4, -0.2) is 20.2 Å². The summed E-state index contributed by atoms with van der Waals surface area (Å²) in [4.78, 5) is 0. The molecule has 24 heavy (non-hydrogen) atoms. The van der Waals surface area contributed by atoms with Gasteiger partial charge in [-0.15, -0.1) is 12.4 Å². The molecule has 1 aliphatic rings. The SMILES string of the molecule is CNCC(COc1cc2c(cc1C)CCCC2)Cc1ccco1.Cl. The highest BCUT2D eigenvalue weighted by molar-refractivity contribution is 5.85. The van der Waals surface area contributed by atoms with E-state index in [4.69, 9.17) is 9.15 Å². The number of rotatable bonds is 7. The quantitative estimate of drug-likeness (QED) is 0.807. The lowest BCUT2D eigenvalue weighted by Crippen LogP contribution is -2.26. The molecule has 3 rings (SSSR count). The topological polar surface area (TPSA) is 34.4 Å². The molecule has 0 bridgehead atoms. The van der Waals surface area contributed by atoms with Crippen molar-refractivity contribution in [3.05, 3.63) is 53.0 Å². The summed E-state index contributed by atoms with van der Waals surface area (Å²) < 4.78 is 11.7. The number of benzene rings is 1. The number of aryl methyl sites for hydroxylation is 3. The Bertz CT molecular complexity index is 625. The van der Waals surface area contributed by atoms with E-state index in [1.807, 2.05) is 19.2 Å². The maximum absolute atomic E-state index is 6.18. The summed E-state index contributed by atoms with van der Waals surface area (Å²) in [7, 11) is 1.99. The van der Waals surface area contributed by atoms with Crippen molar-refractivity contribution in [3.8, 4) is 5.75 Å². The summed E-state index contributed by atoms with van der Waals surface area (Å²) in [6, 6.07) is 8.57. The lowest BCUT2D eigenvalue weighted by atomic mass is 9.90. The molecule has 2 aromatic rings. The van der Waals surface area contributed by atoms with Crippen LogP contribution in [0.4, 0.5) is 0 Å². The van der Waals surface area contributed by atoms with E-state index in [1.165, 1.54) is 42.4 Å².